The van der Waals surface area contributed by atoms with E-state index in [-0.39, 0.29) is 5.56 Å². The third-order valence-electron chi connectivity index (χ3n) is 5.51. The van der Waals surface area contributed by atoms with Crippen molar-refractivity contribution in [3.8, 4) is 28.5 Å². The van der Waals surface area contributed by atoms with Gasteiger partial charge in [0.25, 0.3) is 5.56 Å². The second-order valence-corrected chi connectivity index (χ2v) is 8.38. The van der Waals surface area contributed by atoms with Crippen LogP contribution in [0.3, 0.4) is 0 Å². The highest BCUT2D eigenvalue weighted by molar-refractivity contribution is 6.36. The molecule has 4 aromatic rings. The number of rotatable bonds is 3. The van der Waals surface area contributed by atoms with Crippen molar-refractivity contribution in [3.63, 3.8) is 0 Å². The summed E-state index contributed by atoms with van der Waals surface area (Å²) in [6.45, 7) is 1.78. The molecule has 1 saturated carbocycles. The first kappa shape index (κ1) is 18.9. The molecular weight excluding hydrogens is 419 g/mol. The highest BCUT2D eigenvalue weighted by Crippen LogP contribution is 2.46. The maximum Gasteiger partial charge on any atom is 0.277 e. The van der Waals surface area contributed by atoms with Crippen molar-refractivity contribution in [2.45, 2.75) is 25.7 Å². The predicted molar refractivity (Wildman–Crippen MR) is 118 cm³/mol. The van der Waals surface area contributed by atoms with Crippen LogP contribution in [-0.4, -0.2) is 14.6 Å². The number of hydrogen-bond acceptors (Lipinski definition) is 3. The van der Waals surface area contributed by atoms with Crippen molar-refractivity contribution in [2.75, 3.05) is 0 Å². The van der Waals surface area contributed by atoms with Gasteiger partial charge in [0.15, 0.2) is 0 Å². The molecule has 0 aliphatic heterocycles. The first-order valence-corrected chi connectivity index (χ1v) is 10.3. The van der Waals surface area contributed by atoms with Crippen molar-refractivity contribution in [3.05, 3.63) is 79.7 Å². The summed E-state index contributed by atoms with van der Waals surface area (Å²) in [5.74, 6) is 0.318. The molecule has 5 nitrogen and oxygen atoms in total. The van der Waals surface area contributed by atoms with E-state index in [1.165, 1.54) is 4.52 Å². The van der Waals surface area contributed by atoms with Crippen LogP contribution in [0.5, 0.6) is 0 Å². The van der Waals surface area contributed by atoms with Crippen LogP contribution >= 0.6 is 23.2 Å². The number of hydrogen-bond donors (Lipinski definition) is 1. The van der Waals surface area contributed by atoms with Crippen molar-refractivity contribution in [1.29, 1.82) is 5.26 Å². The van der Waals surface area contributed by atoms with E-state index in [1.807, 2.05) is 18.2 Å². The molecule has 0 saturated heterocycles. The largest absolute Gasteiger partial charge is 0.339 e. The van der Waals surface area contributed by atoms with Gasteiger partial charge < -0.3 is 4.98 Å². The summed E-state index contributed by atoms with van der Waals surface area (Å²) in [6, 6.07) is 14.6. The lowest BCUT2D eigenvalue weighted by Crippen LogP contribution is -2.19. The summed E-state index contributed by atoms with van der Waals surface area (Å²) >= 11 is 12.6. The van der Waals surface area contributed by atoms with Crippen molar-refractivity contribution in [1.82, 2.24) is 14.6 Å². The Hall–Kier alpha value is -3.07. The molecular formula is C23H16Cl2N4O. The van der Waals surface area contributed by atoms with Gasteiger partial charge in [0.2, 0.25) is 0 Å². The predicted octanol–water partition coefficient (Wildman–Crippen LogP) is 5.72. The summed E-state index contributed by atoms with van der Waals surface area (Å²) < 4.78 is 1.44. The lowest BCUT2D eigenvalue weighted by molar-refractivity contribution is 0.846. The van der Waals surface area contributed by atoms with Gasteiger partial charge in [0, 0.05) is 27.6 Å². The number of nitrogens with one attached hydrogen (secondary N) is 1. The van der Waals surface area contributed by atoms with E-state index in [2.05, 4.69) is 16.2 Å². The van der Waals surface area contributed by atoms with Gasteiger partial charge in [-0.1, -0.05) is 41.4 Å². The molecule has 1 N–H and O–H groups in total. The standard InChI is InChI=1S/C23H16Cl2N4O/c1-12-20(14-4-2-13(11-26)3-5-14)27-22-19(17-9-8-16(24)10-18(17)25)21(15-6-7-15)28-29(22)23(12)30/h2-5,8-10,15,27H,6-7H2,1H3. The second-order valence-electron chi connectivity index (χ2n) is 7.54. The Bertz CT molecular complexity index is 1410. The lowest BCUT2D eigenvalue weighted by Gasteiger charge is -2.10. The molecule has 2 aromatic heterocycles. The van der Waals surface area contributed by atoms with Crippen molar-refractivity contribution >= 4 is 28.8 Å². The number of halogens is 2. The smallest absolute Gasteiger partial charge is 0.277 e. The minimum atomic E-state index is -0.179. The second kappa shape index (κ2) is 7.02. The highest BCUT2D eigenvalue weighted by atomic mass is 35.5. The van der Waals surface area contributed by atoms with Gasteiger partial charge in [0.05, 0.1) is 28.0 Å². The number of aromatic nitrogens is 3. The van der Waals surface area contributed by atoms with E-state index >= 15 is 0 Å². The van der Waals surface area contributed by atoms with Crippen LogP contribution in [0.2, 0.25) is 10.0 Å². The van der Waals surface area contributed by atoms with Crippen LogP contribution in [0.15, 0.2) is 47.3 Å². The maximum absolute atomic E-state index is 13.2. The topological polar surface area (TPSA) is 73.9 Å². The number of nitriles is 1. The maximum atomic E-state index is 13.2. The molecule has 5 rings (SSSR count). The first-order valence-electron chi connectivity index (χ1n) is 9.59. The average Bonchev–Trinajstić information content (AvgIpc) is 3.52. The zero-order chi connectivity index (χ0) is 21.0. The van der Waals surface area contributed by atoms with Gasteiger partial charge in [0.1, 0.15) is 5.65 Å². The minimum absolute atomic E-state index is 0.179. The number of H-pyrrole nitrogens is 1. The van der Waals surface area contributed by atoms with Crippen molar-refractivity contribution < 1.29 is 0 Å². The van der Waals surface area contributed by atoms with Crippen LogP contribution < -0.4 is 5.56 Å². The Morgan fingerprint density at radius 1 is 1.17 bits per heavy atom. The van der Waals surface area contributed by atoms with E-state index in [1.54, 1.807) is 31.2 Å². The molecule has 2 heterocycles. The molecule has 1 aliphatic rings. The van der Waals surface area contributed by atoms with Gasteiger partial charge >= 0.3 is 0 Å². The quantitative estimate of drug-likeness (QED) is 0.447. The Labute approximate surface area is 182 Å². The minimum Gasteiger partial charge on any atom is -0.339 e. The lowest BCUT2D eigenvalue weighted by atomic mass is 10.0. The summed E-state index contributed by atoms with van der Waals surface area (Å²) in [4.78, 5) is 16.6. The third-order valence-corrected chi connectivity index (χ3v) is 6.06. The van der Waals surface area contributed by atoms with Gasteiger partial charge in [-0.25, -0.2) is 0 Å². The van der Waals surface area contributed by atoms with Gasteiger partial charge in [-0.2, -0.15) is 14.9 Å². The summed E-state index contributed by atoms with van der Waals surface area (Å²) in [5, 5.41) is 14.8. The first-order chi connectivity index (χ1) is 14.5. The van der Waals surface area contributed by atoms with Crippen molar-refractivity contribution in [2.24, 2.45) is 0 Å². The van der Waals surface area contributed by atoms with Gasteiger partial charge in [-0.3, -0.25) is 4.79 Å². The number of fused-ring (bicyclic) bond motifs is 1. The van der Waals surface area contributed by atoms with E-state index < -0.39 is 0 Å². The Morgan fingerprint density at radius 2 is 1.90 bits per heavy atom. The Morgan fingerprint density at radius 3 is 2.53 bits per heavy atom. The molecule has 148 valence electrons. The van der Waals surface area contributed by atoms with Gasteiger partial charge in [-0.15, -0.1) is 0 Å². The number of aromatic amines is 1. The fourth-order valence-corrected chi connectivity index (χ4v) is 4.28. The highest BCUT2D eigenvalue weighted by Gasteiger charge is 2.32. The molecule has 0 radical (unpaired) electrons. The van der Waals surface area contributed by atoms with Gasteiger partial charge in [-0.05, 0) is 49.6 Å². The molecule has 2 aromatic carbocycles. The molecule has 0 bridgehead atoms. The number of benzene rings is 2. The normalized spacial score (nSPS) is 13.5. The monoisotopic (exact) mass is 434 g/mol. The fraction of sp³-hybridized carbons (Fsp3) is 0.174. The molecule has 1 fully saturated rings. The third kappa shape index (κ3) is 3.00. The Kier molecular flexibility index (Phi) is 4.43. The van der Waals surface area contributed by atoms with Crippen LogP contribution in [0.25, 0.3) is 28.0 Å². The molecule has 30 heavy (non-hydrogen) atoms. The molecule has 7 heteroatoms. The zero-order valence-electron chi connectivity index (χ0n) is 16.0. The molecule has 1 aliphatic carbocycles. The van der Waals surface area contributed by atoms with Crippen LogP contribution in [0.1, 0.15) is 35.6 Å². The summed E-state index contributed by atoms with van der Waals surface area (Å²) in [5.41, 5.74) is 5.59. The van der Waals surface area contributed by atoms with E-state index in [9.17, 15) is 4.79 Å². The van der Waals surface area contributed by atoms with E-state index in [4.69, 9.17) is 28.5 Å². The zero-order valence-corrected chi connectivity index (χ0v) is 17.6. The van der Waals surface area contributed by atoms with Crippen LogP contribution in [0.4, 0.5) is 0 Å². The SMILES string of the molecule is Cc1c(-c2ccc(C#N)cc2)[nH]c2c(-c3ccc(Cl)cc3Cl)c(C3CC3)nn2c1=O. The van der Waals surface area contributed by atoms with E-state index in [0.717, 1.165) is 35.2 Å². The molecule has 0 spiro atoms. The summed E-state index contributed by atoms with van der Waals surface area (Å²) in [7, 11) is 0. The average molecular weight is 435 g/mol. The molecule has 0 unspecified atom stereocenters. The number of nitrogens with zero attached hydrogens (tertiary/aromatic N) is 3. The molecule has 0 atom stereocenters. The summed E-state index contributed by atoms with van der Waals surface area (Å²) in [6.07, 6.45) is 2.08. The Balaban J connectivity index is 1.82. The molecule has 0 amide bonds. The van der Waals surface area contributed by atoms with E-state index in [0.29, 0.717) is 38.4 Å². The van der Waals surface area contributed by atoms with Crippen LogP contribution in [-0.2, 0) is 0 Å². The van der Waals surface area contributed by atoms with Crippen LogP contribution in [0, 0.1) is 18.3 Å². The fourth-order valence-electron chi connectivity index (χ4n) is 3.78.